The molecule has 10 heavy (non-hydrogen) atoms. The molecule has 9 heteroatoms. The van der Waals surface area contributed by atoms with Crippen LogP contribution in [0.4, 0.5) is 4.79 Å². The van der Waals surface area contributed by atoms with E-state index in [0.29, 0.717) is 0 Å². The van der Waals surface area contributed by atoms with E-state index < -0.39 is 11.2 Å². The van der Waals surface area contributed by atoms with Gasteiger partial charge < -0.3 is 30.3 Å². The zero-order valence-corrected chi connectivity index (χ0v) is 6.26. The molecule has 0 aromatic carbocycles. The Hall–Kier alpha value is -0.517. The van der Waals surface area contributed by atoms with Crippen molar-refractivity contribution in [1.29, 1.82) is 0 Å². The Labute approximate surface area is 75.5 Å². The van der Waals surface area contributed by atoms with Crippen molar-refractivity contribution in [2.45, 2.75) is 0 Å². The number of rotatable bonds is 0. The molecule has 0 atom stereocenters. The van der Waals surface area contributed by atoms with Gasteiger partial charge >= 0.3 is 0 Å². The van der Waals surface area contributed by atoms with Gasteiger partial charge in [-0.05, 0) is 6.16 Å². The maximum Gasteiger partial charge on any atom is 0.0689 e. The third-order valence-corrected chi connectivity index (χ3v) is 0. The van der Waals surface area contributed by atoms with Gasteiger partial charge in [-0.25, -0.2) is 0 Å². The summed E-state index contributed by atoms with van der Waals surface area (Å²) in [5.41, 5.74) is 0. The fourth-order valence-electron chi connectivity index (χ4n) is 0. The Kier molecular flexibility index (Phi) is 35.9. The molecule has 0 saturated heterocycles. The van der Waals surface area contributed by atoms with E-state index in [1.54, 1.807) is 0 Å². The third-order valence-electron chi connectivity index (χ3n) is 0. The van der Waals surface area contributed by atoms with E-state index in [4.69, 9.17) is 30.3 Å². The van der Waals surface area contributed by atoms with Gasteiger partial charge in [0.2, 0.25) is 0 Å². The normalized spacial score (nSPS) is 4.80. The van der Waals surface area contributed by atoms with Crippen molar-refractivity contribution in [3.05, 3.63) is 15.3 Å². The summed E-state index contributed by atoms with van der Waals surface area (Å²) >= 11 is 0. The second-order valence-electron chi connectivity index (χ2n) is 0.474. The molecule has 0 heterocycles. The van der Waals surface area contributed by atoms with E-state index in [2.05, 4.69) is 0 Å². The van der Waals surface area contributed by atoms with E-state index in [0.717, 1.165) is 0 Å². The van der Waals surface area contributed by atoms with Crippen LogP contribution < -0.4 is 10.2 Å². The van der Waals surface area contributed by atoms with Crippen LogP contribution in [0.25, 0.3) is 0 Å². The summed E-state index contributed by atoms with van der Waals surface area (Å²) < 4.78 is 0. The molecule has 0 rings (SSSR count). The van der Waals surface area contributed by atoms with Gasteiger partial charge in [0.15, 0.2) is 0 Å². The van der Waals surface area contributed by atoms with Crippen molar-refractivity contribution < 1.29 is 53.7 Å². The molecule has 0 aliphatic rings. The molecule has 0 fully saturated rings. The van der Waals surface area contributed by atoms with Crippen molar-refractivity contribution in [1.82, 2.24) is 0 Å². The van der Waals surface area contributed by atoms with E-state index in [1.165, 1.54) is 0 Å². The minimum absolute atomic E-state index is 0. The number of hydrogen-bond acceptors (Lipinski definition) is 6. The molecule has 0 aliphatic carbocycles. The summed E-state index contributed by atoms with van der Waals surface area (Å²) in [5, 5.41) is 31.4. The number of hydrogen-bond donors (Lipinski definition) is 0. The molecule has 7 nitrogen and oxygen atoms in total. The van der Waals surface area contributed by atoms with Gasteiger partial charge in [-0.15, -0.1) is 0 Å². The molecule has 0 aromatic heterocycles. The average molecular weight is 236 g/mol. The monoisotopic (exact) mass is 235 g/mol. The number of carboxylic acid groups (broad SMARTS) is 2. The van der Waals surface area contributed by atoms with Gasteiger partial charge in [0, 0.05) is 33.6 Å². The maximum atomic E-state index is 8.33. The summed E-state index contributed by atoms with van der Waals surface area (Å²) in [7, 11) is 0. The molecule has 1 radical (unpaired) electrons. The van der Waals surface area contributed by atoms with Gasteiger partial charge in [-0.1, -0.05) is 0 Å². The average Bonchev–Trinajstić information content (AvgIpc) is 1.25. The Morgan fingerprint density at radius 1 is 1.20 bits per heavy atom. The molecule has 0 saturated carbocycles. The van der Waals surface area contributed by atoms with Crippen LogP contribution in [0.5, 0.6) is 0 Å². The van der Waals surface area contributed by atoms with Gasteiger partial charge in [-0.3, -0.25) is 0 Å². The molecule has 0 aromatic rings. The van der Waals surface area contributed by atoms with Crippen molar-refractivity contribution in [2.24, 2.45) is 0 Å². The van der Waals surface area contributed by atoms with Crippen LogP contribution in [0.1, 0.15) is 0 Å². The second-order valence-corrected chi connectivity index (χ2v) is 0.474. The molecule has 0 aliphatic heterocycles. The predicted molar refractivity (Wildman–Crippen MR) is 15.8 cm³/mol. The maximum absolute atomic E-state index is 8.33. The number of nitrogens with zero attached hydrogens (tertiary/aromatic N) is 1. The van der Waals surface area contributed by atoms with Crippen molar-refractivity contribution >= 4 is 6.16 Å². The quantitative estimate of drug-likeness (QED) is 0.255. The molecule has 0 N–H and O–H groups in total. The zero-order chi connectivity index (χ0) is 7.15. The predicted octanol–water partition coefficient (Wildman–Crippen LogP) is -2.69. The minimum Gasteiger partial charge on any atom is -0.652 e. The summed E-state index contributed by atoms with van der Waals surface area (Å²) in [6, 6.07) is 0. The fourth-order valence-corrected chi connectivity index (χ4v) is 0. The van der Waals surface area contributed by atoms with Crippen LogP contribution in [0.15, 0.2) is 0 Å². The summed E-state index contributed by atoms with van der Waals surface area (Å²) in [4.78, 5) is 16.6. The molecule has 0 amide bonds. The minimum atomic E-state index is -2.33. The molecular formula is CMnNNiO6-3. The summed E-state index contributed by atoms with van der Waals surface area (Å²) in [6.07, 6.45) is -2.33. The van der Waals surface area contributed by atoms with Crippen molar-refractivity contribution in [3.8, 4) is 0 Å². The standard InChI is InChI=1S/CH2O3.Mn.NO3.Ni/c2-1(3)4;;2-1(3)4;/h(H2,2,3,4);;;/q;;-1;/p-2. The summed E-state index contributed by atoms with van der Waals surface area (Å²) in [5.74, 6) is 0. The van der Waals surface area contributed by atoms with Crippen LogP contribution in [0, 0.1) is 15.3 Å². The van der Waals surface area contributed by atoms with Crippen LogP contribution in [0.3, 0.4) is 0 Å². The molecular weight excluding hydrogens is 236 g/mol. The van der Waals surface area contributed by atoms with Gasteiger partial charge in [0.25, 0.3) is 0 Å². The van der Waals surface area contributed by atoms with Gasteiger partial charge in [0.05, 0.1) is 5.09 Å². The van der Waals surface area contributed by atoms with E-state index in [-0.39, 0.29) is 33.6 Å². The Morgan fingerprint density at radius 2 is 1.20 bits per heavy atom. The van der Waals surface area contributed by atoms with Crippen LogP contribution in [-0.4, -0.2) is 11.2 Å². The third kappa shape index (κ3) is 1180. The molecule has 0 bridgehead atoms. The largest absolute Gasteiger partial charge is 0.652 e. The van der Waals surface area contributed by atoms with Crippen molar-refractivity contribution in [3.63, 3.8) is 0 Å². The van der Waals surface area contributed by atoms with Gasteiger partial charge in [0.1, 0.15) is 0 Å². The first kappa shape index (κ1) is 22.7. The van der Waals surface area contributed by atoms with E-state index in [1.807, 2.05) is 0 Å². The second kappa shape index (κ2) is 15.8. The molecule has 0 spiro atoms. The SMILES string of the molecule is O=C([O-])[O-].O=[N+]([O-])[O-].[Mn].[Ni]. The van der Waals surface area contributed by atoms with Crippen molar-refractivity contribution in [2.75, 3.05) is 0 Å². The molecule has 0 unspecified atom stereocenters. The smallest absolute Gasteiger partial charge is 0.0689 e. The number of carbonyl (C=O) groups excluding carboxylic acids is 1. The summed E-state index contributed by atoms with van der Waals surface area (Å²) in [6.45, 7) is 0. The zero-order valence-electron chi connectivity index (χ0n) is 4.09. The Bertz CT molecular complexity index is 75.7. The first-order valence-corrected chi connectivity index (χ1v) is 1.16. The van der Waals surface area contributed by atoms with E-state index in [9.17, 15) is 0 Å². The number of carbonyl (C=O) groups is 1. The topological polar surface area (TPSA) is 129 Å². The van der Waals surface area contributed by atoms with Crippen LogP contribution >= 0.6 is 0 Å². The van der Waals surface area contributed by atoms with E-state index >= 15 is 0 Å². The Morgan fingerprint density at radius 3 is 1.20 bits per heavy atom. The molecule has 65 valence electrons. The van der Waals surface area contributed by atoms with Crippen LogP contribution in [0.2, 0.25) is 0 Å². The van der Waals surface area contributed by atoms with Crippen LogP contribution in [-0.2, 0) is 33.6 Å². The Balaban J connectivity index is -0.0000000300. The first-order chi connectivity index (χ1) is 3.46. The fraction of sp³-hybridized carbons (Fsp3) is 0. The first-order valence-electron chi connectivity index (χ1n) is 1.16. The van der Waals surface area contributed by atoms with Gasteiger partial charge in [-0.2, -0.15) is 0 Å².